The number of nitrogens with zero attached hydrogens (tertiary/aromatic N) is 3. The molecule has 3 rings (SSSR count). The Hall–Kier alpha value is -2.60. The zero-order valence-electron chi connectivity index (χ0n) is 12.9. The van der Waals surface area contributed by atoms with Crippen LogP contribution in [0.3, 0.4) is 0 Å². The first-order chi connectivity index (χ1) is 11.3. The van der Waals surface area contributed by atoms with E-state index in [2.05, 4.69) is 32.5 Å². The number of carbonyl (C=O) groups excluding carboxylic acids is 1. The molecule has 6 heteroatoms. The van der Waals surface area contributed by atoms with Crippen molar-refractivity contribution in [1.29, 1.82) is 0 Å². The highest BCUT2D eigenvalue weighted by Crippen LogP contribution is 2.15. The summed E-state index contributed by atoms with van der Waals surface area (Å²) >= 11 is 0. The number of piperazine rings is 1. The molecule has 2 aromatic rings. The zero-order chi connectivity index (χ0) is 15.9. The first-order valence-electron chi connectivity index (χ1n) is 7.69. The molecular formula is C17H20N4O2. The Bertz CT molecular complexity index is 632. The average molecular weight is 312 g/mol. The number of nitrogens with one attached hydrogen (secondary N) is 1. The van der Waals surface area contributed by atoms with E-state index >= 15 is 0 Å². The number of hydrogen-bond donors (Lipinski definition) is 1. The summed E-state index contributed by atoms with van der Waals surface area (Å²) < 4.78 is 5.10. The first kappa shape index (κ1) is 15.3. The lowest BCUT2D eigenvalue weighted by atomic mass is 10.2. The summed E-state index contributed by atoms with van der Waals surface area (Å²) in [7, 11) is 0. The summed E-state index contributed by atoms with van der Waals surface area (Å²) in [6.07, 6.45) is 3.06. The molecule has 2 heterocycles. The Morgan fingerprint density at radius 3 is 2.61 bits per heavy atom. The van der Waals surface area contributed by atoms with Crippen LogP contribution >= 0.6 is 0 Å². The monoisotopic (exact) mass is 312 g/mol. The number of anilines is 1. The van der Waals surface area contributed by atoms with Crippen LogP contribution in [0.1, 0.15) is 5.76 Å². The van der Waals surface area contributed by atoms with Crippen molar-refractivity contribution in [2.24, 2.45) is 5.10 Å². The quantitative estimate of drug-likeness (QED) is 0.672. The second-order valence-electron chi connectivity index (χ2n) is 5.41. The van der Waals surface area contributed by atoms with Crippen LogP contribution in [0.2, 0.25) is 0 Å². The minimum absolute atomic E-state index is 0.110. The zero-order valence-corrected chi connectivity index (χ0v) is 12.9. The van der Waals surface area contributed by atoms with Crippen molar-refractivity contribution < 1.29 is 9.21 Å². The van der Waals surface area contributed by atoms with Gasteiger partial charge in [0.1, 0.15) is 5.76 Å². The Labute approximate surface area is 135 Å². The third kappa shape index (κ3) is 4.43. The van der Waals surface area contributed by atoms with Gasteiger partial charge < -0.3 is 9.32 Å². The molecule has 1 aliphatic heterocycles. The topological polar surface area (TPSA) is 61.1 Å². The van der Waals surface area contributed by atoms with Crippen LogP contribution in [0.25, 0.3) is 0 Å². The molecule has 1 fully saturated rings. The maximum atomic E-state index is 11.9. The number of para-hydroxylation sites is 1. The molecule has 0 bridgehead atoms. The summed E-state index contributed by atoms with van der Waals surface area (Å²) in [6.45, 7) is 3.94. The van der Waals surface area contributed by atoms with Crippen LogP contribution in [-0.4, -0.2) is 49.7 Å². The van der Waals surface area contributed by atoms with Crippen molar-refractivity contribution in [2.45, 2.75) is 0 Å². The predicted octanol–water partition coefficient (Wildman–Crippen LogP) is 1.55. The molecule has 0 radical (unpaired) electrons. The Kier molecular flexibility index (Phi) is 5.06. The lowest BCUT2D eigenvalue weighted by Crippen LogP contribution is -2.49. The van der Waals surface area contributed by atoms with Gasteiger partial charge in [0.05, 0.1) is 19.0 Å². The first-order valence-corrected chi connectivity index (χ1v) is 7.69. The fourth-order valence-corrected chi connectivity index (χ4v) is 2.57. The van der Waals surface area contributed by atoms with Gasteiger partial charge in [-0.3, -0.25) is 9.69 Å². The van der Waals surface area contributed by atoms with Crippen LogP contribution in [-0.2, 0) is 4.79 Å². The Morgan fingerprint density at radius 1 is 1.13 bits per heavy atom. The summed E-state index contributed by atoms with van der Waals surface area (Å²) in [6, 6.07) is 13.9. The van der Waals surface area contributed by atoms with E-state index in [-0.39, 0.29) is 5.91 Å². The van der Waals surface area contributed by atoms with Crippen molar-refractivity contribution >= 4 is 17.8 Å². The second-order valence-corrected chi connectivity index (χ2v) is 5.41. The molecular weight excluding hydrogens is 292 g/mol. The van der Waals surface area contributed by atoms with Crippen LogP contribution in [0.5, 0.6) is 0 Å². The van der Waals surface area contributed by atoms with Gasteiger partial charge in [-0.25, -0.2) is 5.43 Å². The van der Waals surface area contributed by atoms with E-state index in [9.17, 15) is 4.79 Å². The summed E-state index contributed by atoms with van der Waals surface area (Å²) in [5.74, 6) is 0.503. The standard InChI is InChI=1S/C17H20N4O2/c22-17(19-18-13-16-7-4-12-23-16)14-20-8-10-21(11-9-20)15-5-2-1-3-6-15/h1-7,12-13H,8-11,14H2,(H,19,22)/b18-13-. The van der Waals surface area contributed by atoms with E-state index in [1.165, 1.54) is 11.9 Å². The maximum Gasteiger partial charge on any atom is 0.254 e. The molecule has 120 valence electrons. The molecule has 0 atom stereocenters. The van der Waals surface area contributed by atoms with E-state index in [1.54, 1.807) is 18.4 Å². The van der Waals surface area contributed by atoms with E-state index in [0.29, 0.717) is 12.3 Å². The SMILES string of the molecule is O=C(CN1CCN(c2ccccc2)CC1)N/N=C\c1ccco1. The van der Waals surface area contributed by atoms with Crippen molar-refractivity contribution in [3.63, 3.8) is 0 Å². The molecule has 1 amide bonds. The van der Waals surface area contributed by atoms with Gasteiger partial charge in [0.25, 0.3) is 5.91 Å². The Morgan fingerprint density at radius 2 is 1.91 bits per heavy atom. The van der Waals surface area contributed by atoms with Gasteiger partial charge >= 0.3 is 0 Å². The number of furan rings is 1. The molecule has 1 aromatic heterocycles. The fourth-order valence-electron chi connectivity index (χ4n) is 2.57. The smallest absolute Gasteiger partial charge is 0.254 e. The highest BCUT2D eigenvalue weighted by atomic mass is 16.3. The predicted molar refractivity (Wildman–Crippen MR) is 89.5 cm³/mol. The van der Waals surface area contributed by atoms with Gasteiger partial charge in [0.15, 0.2) is 0 Å². The fraction of sp³-hybridized carbons (Fsp3) is 0.294. The number of hydrazone groups is 1. The van der Waals surface area contributed by atoms with Crippen LogP contribution in [0, 0.1) is 0 Å². The molecule has 0 saturated carbocycles. The molecule has 0 spiro atoms. The van der Waals surface area contributed by atoms with Crippen LogP contribution in [0.15, 0.2) is 58.2 Å². The highest BCUT2D eigenvalue weighted by molar-refractivity contribution is 5.81. The molecule has 23 heavy (non-hydrogen) atoms. The summed E-state index contributed by atoms with van der Waals surface area (Å²) in [4.78, 5) is 16.4. The number of rotatable bonds is 5. The van der Waals surface area contributed by atoms with Crippen molar-refractivity contribution in [3.8, 4) is 0 Å². The second kappa shape index (κ2) is 7.60. The van der Waals surface area contributed by atoms with Crippen molar-refractivity contribution in [2.75, 3.05) is 37.6 Å². The number of benzene rings is 1. The normalized spacial score (nSPS) is 15.9. The largest absolute Gasteiger partial charge is 0.463 e. The van der Waals surface area contributed by atoms with Gasteiger partial charge in [-0.15, -0.1) is 0 Å². The molecule has 0 unspecified atom stereocenters. The Balaban J connectivity index is 1.41. The molecule has 1 aliphatic rings. The lowest BCUT2D eigenvalue weighted by molar-refractivity contribution is -0.122. The molecule has 6 nitrogen and oxygen atoms in total. The summed E-state index contributed by atoms with van der Waals surface area (Å²) in [5.41, 5.74) is 3.76. The van der Waals surface area contributed by atoms with Gasteiger partial charge in [-0.05, 0) is 24.3 Å². The van der Waals surface area contributed by atoms with Gasteiger partial charge in [-0.1, -0.05) is 18.2 Å². The van der Waals surface area contributed by atoms with Crippen molar-refractivity contribution in [1.82, 2.24) is 10.3 Å². The number of carbonyl (C=O) groups is 1. The molecule has 0 aliphatic carbocycles. The third-order valence-corrected chi connectivity index (χ3v) is 3.79. The molecule has 1 N–H and O–H groups in total. The van der Waals surface area contributed by atoms with E-state index < -0.39 is 0 Å². The van der Waals surface area contributed by atoms with E-state index in [0.717, 1.165) is 26.2 Å². The van der Waals surface area contributed by atoms with Gasteiger partial charge in [-0.2, -0.15) is 5.10 Å². The minimum Gasteiger partial charge on any atom is -0.463 e. The van der Waals surface area contributed by atoms with Gasteiger partial charge in [0, 0.05) is 31.9 Å². The average Bonchev–Trinajstić information content (AvgIpc) is 3.10. The molecule has 1 saturated heterocycles. The number of hydrogen-bond acceptors (Lipinski definition) is 5. The van der Waals surface area contributed by atoms with E-state index in [4.69, 9.17) is 4.42 Å². The van der Waals surface area contributed by atoms with E-state index in [1.807, 2.05) is 18.2 Å². The molecule has 1 aromatic carbocycles. The lowest BCUT2D eigenvalue weighted by Gasteiger charge is -2.35. The minimum atomic E-state index is -0.110. The van der Waals surface area contributed by atoms with Gasteiger partial charge in [0.2, 0.25) is 0 Å². The van der Waals surface area contributed by atoms with Crippen LogP contribution < -0.4 is 10.3 Å². The number of amides is 1. The van der Waals surface area contributed by atoms with Crippen molar-refractivity contribution in [3.05, 3.63) is 54.5 Å². The summed E-state index contributed by atoms with van der Waals surface area (Å²) in [5, 5.41) is 3.89. The van der Waals surface area contributed by atoms with Crippen LogP contribution in [0.4, 0.5) is 5.69 Å². The third-order valence-electron chi connectivity index (χ3n) is 3.79. The maximum absolute atomic E-state index is 11.9. The highest BCUT2D eigenvalue weighted by Gasteiger charge is 2.18.